The van der Waals surface area contributed by atoms with Gasteiger partial charge in [-0.2, -0.15) is 0 Å². The highest BCUT2D eigenvalue weighted by Gasteiger charge is 2.34. The van der Waals surface area contributed by atoms with Gasteiger partial charge in [-0.25, -0.2) is 4.79 Å². The fourth-order valence-corrected chi connectivity index (χ4v) is 1.97. The maximum atomic E-state index is 11.9. The molecule has 0 aromatic carbocycles. The minimum Gasteiger partial charge on any atom is -0.480 e. The van der Waals surface area contributed by atoms with Gasteiger partial charge >= 0.3 is 5.97 Å². The Kier molecular flexibility index (Phi) is 5.37. The molecule has 1 fully saturated rings. The number of hydrogen-bond donors (Lipinski definition) is 2. The molecule has 1 heterocycles. The molecule has 6 nitrogen and oxygen atoms in total. The van der Waals surface area contributed by atoms with Crippen molar-refractivity contribution in [1.29, 1.82) is 0 Å². The highest BCUT2D eigenvalue weighted by Crippen LogP contribution is 2.23. The van der Waals surface area contributed by atoms with Crippen LogP contribution in [0, 0.1) is 5.92 Å². The fourth-order valence-electron chi connectivity index (χ4n) is 1.97. The normalized spacial score (nSPS) is 25.5. The molecule has 1 aliphatic rings. The lowest BCUT2D eigenvalue weighted by Crippen LogP contribution is -2.47. The summed E-state index contributed by atoms with van der Waals surface area (Å²) in [5.41, 5.74) is 0. The van der Waals surface area contributed by atoms with Gasteiger partial charge in [0.05, 0.1) is 18.6 Å². The molecule has 0 radical (unpaired) electrons. The number of carboxylic acids is 1. The van der Waals surface area contributed by atoms with Crippen molar-refractivity contribution in [2.75, 3.05) is 20.3 Å². The van der Waals surface area contributed by atoms with E-state index in [1.54, 1.807) is 0 Å². The molecular weight excluding hydrogens is 226 g/mol. The van der Waals surface area contributed by atoms with Crippen LogP contribution in [-0.2, 0) is 19.1 Å². The highest BCUT2D eigenvalue weighted by atomic mass is 16.5. The van der Waals surface area contributed by atoms with Crippen LogP contribution in [-0.4, -0.2) is 49.5 Å². The van der Waals surface area contributed by atoms with Gasteiger partial charge in [-0.15, -0.1) is 0 Å². The number of rotatable bonds is 6. The van der Waals surface area contributed by atoms with Crippen molar-refractivity contribution in [1.82, 2.24) is 5.32 Å². The zero-order valence-electron chi connectivity index (χ0n) is 10.1. The third-order valence-corrected chi connectivity index (χ3v) is 2.90. The van der Waals surface area contributed by atoms with Crippen molar-refractivity contribution in [3.8, 4) is 0 Å². The van der Waals surface area contributed by atoms with Crippen LogP contribution in [0.15, 0.2) is 0 Å². The lowest BCUT2D eigenvalue weighted by atomic mass is 9.98. The Morgan fingerprint density at radius 3 is 2.82 bits per heavy atom. The van der Waals surface area contributed by atoms with Gasteiger partial charge in [-0.3, -0.25) is 4.79 Å². The molecule has 3 atom stereocenters. The zero-order chi connectivity index (χ0) is 12.8. The van der Waals surface area contributed by atoms with Gasteiger partial charge in [0.2, 0.25) is 5.91 Å². The molecule has 0 bridgehead atoms. The van der Waals surface area contributed by atoms with E-state index < -0.39 is 12.0 Å². The number of aliphatic carboxylic acids is 1. The number of amides is 1. The summed E-state index contributed by atoms with van der Waals surface area (Å²) in [6.45, 7) is 2.46. The van der Waals surface area contributed by atoms with Gasteiger partial charge < -0.3 is 19.9 Å². The van der Waals surface area contributed by atoms with E-state index in [0.717, 1.165) is 6.42 Å². The maximum Gasteiger partial charge on any atom is 0.328 e. The Bertz CT molecular complexity index is 281. The van der Waals surface area contributed by atoms with Crippen molar-refractivity contribution in [2.45, 2.75) is 31.9 Å². The van der Waals surface area contributed by atoms with Crippen LogP contribution < -0.4 is 5.32 Å². The standard InChI is InChI=1S/C11H19NO5/c1-3-9-7(4-5-17-9)10(13)12-8(6-16-2)11(14)15/h7-9H,3-6H2,1-2H3,(H,12,13)(H,14,15). The van der Waals surface area contributed by atoms with Crippen LogP contribution >= 0.6 is 0 Å². The summed E-state index contributed by atoms with van der Waals surface area (Å²) in [6, 6.07) is -0.995. The summed E-state index contributed by atoms with van der Waals surface area (Å²) in [4.78, 5) is 22.8. The Balaban J connectivity index is 2.54. The number of ether oxygens (including phenoxy) is 2. The van der Waals surface area contributed by atoms with Gasteiger partial charge in [-0.05, 0) is 12.8 Å². The lowest BCUT2D eigenvalue weighted by molar-refractivity contribution is -0.144. The van der Waals surface area contributed by atoms with E-state index >= 15 is 0 Å². The van der Waals surface area contributed by atoms with Gasteiger partial charge in [0.15, 0.2) is 6.04 Å². The molecule has 17 heavy (non-hydrogen) atoms. The summed E-state index contributed by atoms with van der Waals surface area (Å²) < 4.78 is 10.2. The molecule has 2 N–H and O–H groups in total. The second-order valence-electron chi connectivity index (χ2n) is 4.07. The summed E-state index contributed by atoms with van der Waals surface area (Å²) >= 11 is 0. The smallest absolute Gasteiger partial charge is 0.328 e. The van der Waals surface area contributed by atoms with Crippen LogP contribution in [0.2, 0.25) is 0 Å². The Labute approximate surface area is 100 Å². The van der Waals surface area contributed by atoms with Gasteiger partial charge in [-0.1, -0.05) is 6.92 Å². The average molecular weight is 245 g/mol. The van der Waals surface area contributed by atoms with E-state index in [-0.39, 0.29) is 24.5 Å². The number of carbonyl (C=O) groups excluding carboxylic acids is 1. The van der Waals surface area contributed by atoms with E-state index in [2.05, 4.69) is 5.32 Å². The predicted octanol–water partition coefficient (Wildman–Crippen LogP) is 0.0173. The third kappa shape index (κ3) is 3.67. The number of hydrogen-bond acceptors (Lipinski definition) is 4. The molecule has 3 unspecified atom stereocenters. The molecular formula is C11H19NO5. The van der Waals surface area contributed by atoms with Crippen LogP contribution in [0.4, 0.5) is 0 Å². The first-order chi connectivity index (χ1) is 8.10. The largest absolute Gasteiger partial charge is 0.480 e. The maximum absolute atomic E-state index is 11.9. The number of carboxylic acid groups (broad SMARTS) is 1. The first kappa shape index (κ1) is 13.9. The Morgan fingerprint density at radius 2 is 2.29 bits per heavy atom. The van der Waals surface area contributed by atoms with Crippen LogP contribution in [0.3, 0.4) is 0 Å². The molecule has 1 aliphatic heterocycles. The van der Waals surface area contributed by atoms with Gasteiger partial charge in [0.25, 0.3) is 0 Å². The minimum atomic E-state index is -1.09. The first-order valence-electron chi connectivity index (χ1n) is 5.73. The zero-order valence-corrected chi connectivity index (χ0v) is 10.1. The quantitative estimate of drug-likeness (QED) is 0.689. The second kappa shape index (κ2) is 6.56. The molecule has 98 valence electrons. The van der Waals surface area contributed by atoms with E-state index in [1.807, 2.05) is 6.92 Å². The monoisotopic (exact) mass is 245 g/mol. The average Bonchev–Trinajstić information content (AvgIpc) is 2.76. The summed E-state index contributed by atoms with van der Waals surface area (Å²) in [5, 5.41) is 11.4. The fraction of sp³-hybridized carbons (Fsp3) is 0.818. The van der Waals surface area contributed by atoms with Crippen molar-refractivity contribution < 1.29 is 24.2 Å². The van der Waals surface area contributed by atoms with E-state index in [0.29, 0.717) is 13.0 Å². The second-order valence-corrected chi connectivity index (χ2v) is 4.07. The molecule has 1 saturated heterocycles. The summed E-state index contributed by atoms with van der Waals surface area (Å²) in [6.07, 6.45) is 1.29. The van der Waals surface area contributed by atoms with E-state index in [1.165, 1.54) is 7.11 Å². The molecule has 1 rings (SSSR count). The summed E-state index contributed by atoms with van der Waals surface area (Å²) in [5.74, 6) is -1.61. The van der Waals surface area contributed by atoms with Gasteiger partial charge in [0, 0.05) is 13.7 Å². The highest BCUT2D eigenvalue weighted by molar-refractivity contribution is 5.85. The lowest BCUT2D eigenvalue weighted by Gasteiger charge is -2.19. The number of methoxy groups -OCH3 is 1. The molecule has 0 aliphatic carbocycles. The van der Waals surface area contributed by atoms with Gasteiger partial charge in [0.1, 0.15) is 0 Å². The predicted molar refractivity (Wildman–Crippen MR) is 59.6 cm³/mol. The molecule has 0 aromatic heterocycles. The molecule has 6 heteroatoms. The van der Waals surface area contributed by atoms with Crippen molar-refractivity contribution in [3.63, 3.8) is 0 Å². The molecule has 0 saturated carbocycles. The van der Waals surface area contributed by atoms with Crippen molar-refractivity contribution in [2.24, 2.45) is 5.92 Å². The number of carbonyl (C=O) groups is 2. The topological polar surface area (TPSA) is 84.9 Å². The first-order valence-corrected chi connectivity index (χ1v) is 5.73. The Morgan fingerprint density at radius 1 is 1.59 bits per heavy atom. The third-order valence-electron chi connectivity index (χ3n) is 2.90. The van der Waals surface area contributed by atoms with Crippen molar-refractivity contribution in [3.05, 3.63) is 0 Å². The van der Waals surface area contributed by atoms with Crippen molar-refractivity contribution >= 4 is 11.9 Å². The van der Waals surface area contributed by atoms with E-state index in [4.69, 9.17) is 14.6 Å². The molecule has 1 amide bonds. The SMILES string of the molecule is CCC1OCCC1C(=O)NC(COC)C(=O)O. The van der Waals surface area contributed by atoms with Crippen LogP contribution in [0.5, 0.6) is 0 Å². The minimum absolute atomic E-state index is 0.0363. The molecule has 0 spiro atoms. The van der Waals surface area contributed by atoms with Crippen LogP contribution in [0.25, 0.3) is 0 Å². The van der Waals surface area contributed by atoms with E-state index in [9.17, 15) is 9.59 Å². The molecule has 0 aromatic rings. The Hall–Kier alpha value is -1.14. The number of nitrogens with one attached hydrogen (secondary N) is 1. The van der Waals surface area contributed by atoms with Crippen LogP contribution in [0.1, 0.15) is 19.8 Å². The summed E-state index contributed by atoms with van der Waals surface area (Å²) in [7, 11) is 1.40.